The maximum Gasteiger partial charge on any atom is 0.245 e. The Morgan fingerprint density at radius 1 is 1.35 bits per heavy atom. The van der Waals surface area contributed by atoms with Gasteiger partial charge in [0.1, 0.15) is 24.0 Å². The van der Waals surface area contributed by atoms with Crippen LogP contribution in [-0.4, -0.2) is 52.3 Å². The van der Waals surface area contributed by atoms with Crippen molar-refractivity contribution in [1.29, 1.82) is 0 Å². The zero-order valence-corrected chi connectivity index (χ0v) is 20.1. The Bertz CT molecular complexity index is 1100. The monoisotopic (exact) mass is 464 g/mol. The van der Waals surface area contributed by atoms with Crippen molar-refractivity contribution in [3.8, 4) is 0 Å². The summed E-state index contributed by atoms with van der Waals surface area (Å²) >= 11 is 0. The summed E-state index contributed by atoms with van der Waals surface area (Å²) in [5, 5.41) is 7.48. The molecule has 3 heterocycles. The van der Waals surface area contributed by atoms with Gasteiger partial charge in [0.2, 0.25) is 5.91 Å². The molecule has 8 heteroatoms. The molecule has 2 aliphatic rings. The summed E-state index contributed by atoms with van der Waals surface area (Å²) in [7, 11) is 2.13. The third-order valence-electron chi connectivity index (χ3n) is 6.55. The molecule has 0 atom stereocenters. The predicted octanol–water partition coefficient (Wildman–Crippen LogP) is 4.47. The van der Waals surface area contributed by atoms with Gasteiger partial charge in [-0.15, -0.1) is 0 Å². The number of nitrogens with one attached hydrogen (secondary N) is 1. The number of amides is 1. The van der Waals surface area contributed by atoms with Gasteiger partial charge in [0.25, 0.3) is 0 Å². The van der Waals surface area contributed by atoms with Crippen molar-refractivity contribution >= 4 is 23.2 Å². The molecule has 0 radical (unpaired) electrons. The van der Waals surface area contributed by atoms with E-state index in [2.05, 4.69) is 35.4 Å². The summed E-state index contributed by atoms with van der Waals surface area (Å²) in [5.41, 5.74) is 3.58. The summed E-state index contributed by atoms with van der Waals surface area (Å²) in [4.78, 5) is 21.1. The number of hydrogen-bond acceptors (Lipinski definition) is 5. The molecule has 0 saturated heterocycles. The van der Waals surface area contributed by atoms with E-state index in [-0.39, 0.29) is 12.5 Å². The highest BCUT2D eigenvalue weighted by Gasteiger charge is 2.30. The van der Waals surface area contributed by atoms with Crippen LogP contribution in [0.1, 0.15) is 38.3 Å². The molecule has 7 nitrogen and oxygen atoms in total. The molecule has 1 aliphatic heterocycles. The average molecular weight is 465 g/mol. The van der Waals surface area contributed by atoms with Gasteiger partial charge < -0.3 is 15.1 Å². The van der Waals surface area contributed by atoms with E-state index < -0.39 is 5.82 Å². The van der Waals surface area contributed by atoms with Crippen molar-refractivity contribution in [3.05, 3.63) is 66.4 Å². The van der Waals surface area contributed by atoms with Gasteiger partial charge in [0.15, 0.2) is 0 Å². The van der Waals surface area contributed by atoms with Crippen LogP contribution >= 0.6 is 0 Å². The third kappa shape index (κ3) is 5.12. The molecule has 1 amide bonds. The van der Waals surface area contributed by atoms with E-state index in [0.717, 1.165) is 53.6 Å². The summed E-state index contributed by atoms with van der Waals surface area (Å²) < 4.78 is 15.0. The number of carbonyl (C=O) groups excluding carboxylic acids is 1. The van der Waals surface area contributed by atoms with Crippen LogP contribution in [0.3, 0.4) is 0 Å². The number of anilines is 2. The average Bonchev–Trinajstić information content (AvgIpc) is 3.48. The number of carbonyl (C=O) groups is 1. The fourth-order valence-corrected chi connectivity index (χ4v) is 4.86. The molecule has 2 aromatic rings. The number of hydrogen-bond donors (Lipinski definition) is 1. The summed E-state index contributed by atoms with van der Waals surface area (Å²) in [5.74, 6) is 1.09. The minimum atomic E-state index is -0.452. The zero-order chi connectivity index (χ0) is 24.2. The van der Waals surface area contributed by atoms with Gasteiger partial charge in [-0.3, -0.25) is 4.79 Å². The number of nitrogens with zero attached hydrogens (tertiary/aromatic N) is 5. The van der Waals surface area contributed by atoms with Crippen molar-refractivity contribution in [1.82, 2.24) is 19.7 Å². The number of aryl methyl sites for hydroxylation is 1. The quantitative estimate of drug-likeness (QED) is 0.593. The molecule has 0 unspecified atom stereocenters. The Morgan fingerprint density at radius 2 is 2.12 bits per heavy atom. The van der Waals surface area contributed by atoms with Crippen LogP contribution < -0.4 is 10.2 Å². The molecule has 1 aliphatic carbocycles. The lowest BCUT2D eigenvalue weighted by Gasteiger charge is -2.35. The molecular formula is C26H33FN6O. The van der Waals surface area contributed by atoms with Gasteiger partial charge in [-0.2, -0.15) is 5.10 Å². The minimum Gasteiger partial charge on any atom is -0.316 e. The van der Waals surface area contributed by atoms with Gasteiger partial charge in [0, 0.05) is 30.4 Å². The Labute approximate surface area is 200 Å². The van der Waals surface area contributed by atoms with Crippen molar-refractivity contribution in [3.63, 3.8) is 0 Å². The van der Waals surface area contributed by atoms with Crippen LogP contribution in [0.2, 0.25) is 0 Å². The Hall–Kier alpha value is -3.26. The summed E-state index contributed by atoms with van der Waals surface area (Å²) in [6.45, 7) is 12.2. The first kappa shape index (κ1) is 23.9. The zero-order valence-electron chi connectivity index (χ0n) is 20.1. The Morgan fingerprint density at radius 3 is 2.76 bits per heavy atom. The number of aromatic nitrogens is 3. The maximum atomic E-state index is 13.2. The van der Waals surface area contributed by atoms with Crippen molar-refractivity contribution in [2.24, 2.45) is 5.92 Å². The topological polar surface area (TPSA) is 66.3 Å². The van der Waals surface area contributed by atoms with Crippen LogP contribution in [-0.2, 0) is 11.2 Å². The fraction of sp³-hybridized carbons (Fsp3) is 0.423. The van der Waals surface area contributed by atoms with Gasteiger partial charge in [-0.1, -0.05) is 32.9 Å². The highest BCUT2D eigenvalue weighted by molar-refractivity contribution is 5.94. The molecule has 1 N–H and O–H groups in total. The van der Waals surface area contributed by atoms with Gasteiger partial charge in [-0.25, -0.2) is 14.1 Å². The van der Waals surface area contributed by atoms with E-state index in [1.807, 2.05) is 22.6 Å². The fourth-order valence-electron chi connectivity index (χ4n) is 4.86. The SMILES string of the molecule is C=CC1=C(CN(C)CC2CCCC2)C(=C)n2nc(CC)cc2N1CC(=O)Nc1ccc(F)cn1. The van der Waals surface area contributed by atoms with Gasteiger partial charge in [-0.05, 0) is 50.4 Å². The van der Waals surface area contributed by atoms with E-state index in [1.54, 1.807) is 6.08 Å². The molecular weight excluding hydrogens is 431 g/mol. The largest absolute Gasteiger partial charge is 0.316 e. The highest BCUT2D eigenvalue weighted by atomic mass is 19.1. The van der Waals surface area contributed by atoms with E-state index >= 15 is 0 Å². The lowest BCUT2D eigenvalue weighted by atomic mass is 10.0. The molecule has 1 fully saturated rings. The number of pyridine rings is 1. The standard InChI is InChI=1S/C26H33FN6O/c1-5-21-13-26-32(17-25(34)29-24-12-11-20(27)14-28-24)23(6-2)22(18(3)33(26)30-21)16-31(4)15-19-9-7-8-10-19/h6,11-14,19H,2-3,5,7-10,15-17H2,1,4H3,(H,28,29,34). The third-order valence-corrected chi connectivity index (χ3v) is 6.55. The molecule has 180 valence electrons. The first-order chi connectivity index (χ1) is 16.4. The molecule has 0 aromatic carbocycles. The van der Waals surface area contributed by atoms with E-state index in [4.69, 9.17) is 5.10 Å². The number of halogens is 1. The maximum absolute atomic E-state index is 13.2. The van der Waals surface area contributed by atoms with E-state index in [9.17, 15) is 9.18 Å². The minimum absolute atomic E-state index is 0.0401. The van der Waals surface area contributed by atoms with Crippen molar-refractivity contribution < 1.29 is 9.18 Å². The van der Waals surface area contributed by atoms with Crippen molar-refractivity contribution in [2.75, 3.05) is 36.9 Å². The van der Waals surface area contributed by atoms with Crippen LogP contribution in [0.4, 0.5) is 16.0 Å². The van der Waals surface area contributed by atoms with Gasteiger partial charge in [0.05, 0.1) is 17.6 Å². The number of fused-ring (bicyclic) bond motifs is 1. The molecule has 2 aromatic heterocycles. The highest BCUT2D eigenvalue weighted by Crippen LogP contribution is 2.36. The Kier molecular flexibility index (Phi) is 7.26. The van der Waals surface area contributed by atoms with E-state index in [1.165, 1.54) is 37.8 Å². The summed E-state index contributed by atoms with van der Waals surface area (Å²) in [6.07, 6.45) is 8.83. The number of allylic oxidation sites excluding steroid dienone is 1. The summed E-state index contributed by atoms with van der Waals surface area (Å²) in [6, 6.07) is 4.69. The number of likely N-dealkylation sites (N-methyl/N-ethyl adjacent to an activating group) is 1. The lowest BCUT2D eigenvalue weighted by Crippen LogP contribution is -2.39. The second kappa shape index (κ2) is 10.3. The Balaban J connectivity index is 1.61. The lowest BCUT2D eigenvalue weighted by molar-refractivity contribution is -0.114. The first-order valence-electron chi connectivity index (χ1n) is 11.9. The molecule has 34 heavy (non-hydrogen) atoms. The van der Waals surface area contributed by atoms with Crippen LogP contribution in [0.5, 0.6) is 0 Å². The smallest absolute Gasteiger partial charge is 0.245 e. The van der Waals surface area contributed by atoms with Crippen LogP contribution in [0, 0.1) is 11.7 Å². The molecule has 1 saturated carbocycles. The molecule has 4 rings (SSSR count). The van der Waals surface area contributed by atoms with Crippen LogP contribution in [0.15, 0.2) is 54.9 Å². The molecule has 0 spiro atoms. The second-order valence-electron chi connectivity index (χ2n) is 9.12. The molecule has 0 bridgehead atoms. The van der Waals surface area contributed by atoms with Crippen LogP contribution in [0.25, 0.3) is 5.70 Å². The predicted molar refractivity (Wildman–Crippen MR) is 134 cm³/mol. The first-order valence-corrected chi connectivity index (χ1v) is 11.9. The normalized spacial score (nSPS) is 16.4. The second-order valence-corrected chi connectivity index (χ2v) is 9.12. The van der Waals surface area contributed by atoms with E-state index in [0.29, 0.717) is 12.4 Å². The van der Waals surface area contributed by atoms with Crippen molar-refractivity contribution in [2.45, 2.75) is 39.0 Å². The van der Waals surface area contributed by atoms with Gasteiger partial charge >= 0.3 is 0 Å². The number of rotatable bonds is 9.